The average molecular weight is 832 g/mol. The maximum absolute atomic E-state index is 16.4. The number of phenolic OH excluding ortho intramolecular Hbond substituents is 1. The number of nitrogen functional groups attached to an aromatic ring is 1. The number of benzene rings is 3. The van der Waals surface area contributed by atoms with E-state index in [0.29, 0.717) is 48.7 Å². The lowest BCUT2D eigenvalue weighted by molar-refractivity contribution is -0.120. The van der Waals surface area contributed by atoms with Gasteiger partial charge in [-0.3, -0.25) is 19.8 Å². The molecule has 2 aromatic heterocycles. The van der Waals surface area contributed by atoms with Crippen molar-refractivity contribution in [3.63, 3.8) is 0 Å². The fraction of sp³-hybridized carbons (Fsp3) is 0.413. The van der Waals surface area contributed by atoms with Crippen molar-refractivity contribution in [1.82, 2.24) is 29.9 Å². The number of likely N-dealkylation sites (tertiary alicyclic amines) is 2. The number of phenols is 1. The molecule has 0 bridgehead atoms. The van der Waals surface area contributed by atoms with Crippen LogP contribution in [0.3, 0.4) is 0 Å². The van der Waals surface area contributed by atoms with E-state index in [4.69, 9.17) is 5.73 Å². The first-order valence-corrected chi connectivity index (χ1v) is 21.3. The van der Waals surface area contributed by atoms with Crippen molar-refractivity contribution in [2.75, 3.05) is 67.9 Å². The Balaban J connectivity index is 0.781. The van der Waals surface area contributed by atoms with Crippen molar-refractivity contribution < 1.29 is 28.3 Å². The molecule has 4 saturated heterocycles. The Hall–Kier alpha value is -6.09. The molecule has 3 aromatic carbocycles. The molecule has 4 aliphatic rings. The van der Waals surface area contributed by atoms with Crippen molar-refractivity contribution in [2.24, 2.45) is 0 Å². The normalized spacial score (nSPS) is 20.3. The number of carbonyl (C=O) groups excluding carboxylic acids is 3. The van der Waals surface area contributed by atoms with Gasteiger partial charge in [0.05, 0.1) is 11.4 Å². The number of aromatic hydroxyl groups is 1. The number of rotatable bonds is 8. The van der Waals surface area contributed by atoms with E-state index in [-0.39, 0.29) is 73.3 Å². The zero-order chi connectivity index (χ0) is 42.4. The number of aromatic nitrogens is 3. The lowest BCUT2D eigenvalue weighted by Gasteiger charge is -2.41. The maximum atomic E-state index is 16.4. The van der Waals surface area contributed by atoms with Gasteiger partial charge in [0.15, 0.2) is 5.82 Å². The third-order valence-corrected chi connectivity index (χ3v) is 13.2. The molecule has 0 saturated carbocycles. The molecule has 13 nitrogen and oxygen atoms in total. The molecule has 5 aromatic rings. The summed E-state index contributed by atoms with van der Waals surface area (Å²) < 4.78 is 34.5. The van der Waals surface area contributed by atoms with Crippen LogP contribution in [0.2, 0.25) is 0 Å². The van der Waals surface area contributed by atoms with Gasteiger partial charge in [-0.2, -0.15) is 0 Å². The Morgan fingerprint density at radius 1 is 0.951 bits per heavy atom. The van der Waals surface area contributed by atoms with Crippen LogP contribution in [-0.4, -0.2) is 106 Å². The van der Waals surface area contributed by atoms with E-state index in [1.165, 1.54) is 6.07 Å². The van der Waals surface area contributed by atoms with Gasteiger partial charge in [-0.1, -0.05) is 18.2 Å². The average Bonchev–Trinajstić information content (AvgIpc) is 3.59. The molecule has 6 heterocycles. The molecule has 1 atom stereocenters. The second kappa shape index (κ2) is 16.4. The number of piperidine rings is 3. The topological polar surface area (TPSA) is 153 Å². The number of fused-ring (bicyclic) bond motifs is 1. The van der Waals surface area contributed by atoms with E-state index in [0.717, 1.165) is 60.9 Å². The molecule has 318 valence electrons. The number of aryl methyl sites for hydroxylation is 1. The van der Waals surface area contributed by atoms with E-state index in [9.17, 15) is 19.5 Å². The third-order valence-electron chi connectivity index (χ3n) is 13.2. The van der Waals surface area contributed by atoms with Gasteiger partial charge in [-0.05, 0) is 92.3 Å². The van der Waals surface area contributed by atoms with Crippen LogP contribution < -0.4 is 20.9 Å². The van der Waals surface area contributed by atoms with E-state index in [2.05, 4.69) is 43.0 Å². The van der Waals surface area contributed by atoms with Crippen molar-refractivity contribution in [1.29, 1.82) is 0 Å². The quantitative estimate of drug-likeness (QED) is 0.151. The summed E-state index contributed by atoms with van der Waals surface area (Å²) in [6, 6.07) is 19.3. The van der Waals surface area contributed by atoms with Crippen LogP contribution in [0.5, 0.6) is 5.75 Å². The Labute approximate surface area is 353 Å². The van der Waals surface area contributed by atoms with Gasteiger partial charge in [0.2, 0.25) is 5.91 Å². The highest BCUT2D eigenvalue weighted by Crippen LogP contribution is 2.38. The lowest BCUT2D eigenvalue weighted by Crippen LogP contribution is -2.51. The molecule has 4 fully saturated rings. The summed E-state index contributed by atoms with van der Waals surface area (Å²) in [6.07, 6.45) is 6.20. The number of nitrogens with zero attached hydrogens (tertiary/aromatic N) is 7. The SMILES string of the molecule is Cc1cn(C2CCN(CC3(F)CCN(C(=O)c4ccc([C@H]5CCCN(c6cc(-c7ccccc7O)nnc6N)C5)c(F)c4)CC3)CC2)c2ccc(N3CCC(=O)NC3=O)cc12. The first kappa shape index (κ1) is 40.3. The van der Waals surface area contributed by atoms with Crippen LogP contribution in [0.15, 0.2) is 72.9 Å². The number of alkyl halides is 1. The van der Waals surface area contributed by atoms with Crippen LogP contribution in [0.25, 0.3) is 22.2 Å². The predicted octanol–water partition coefficient (Wildman–Crippen LogP) is 6.95. The van der Waals surface area contributed by atoms with Gasteiger partial charge in [-0.25, -0.2) is 13.6 Å². The van der Waals surface area contributed by atoms with Crippen LogP contribution in [0.1, 0.15) is 78.4 Å². The number of urea groups is 1. The number of nitrogens with two attached hydrogens (primary N) is 1. The molecule has 0 spiro atoms. The highest BCUT2D eigenvalue weighted by molar-refractivity contribution is 6.06. The molecule has 61 heavy (non-hydrogen) atoms. The molecule has 4 aliphatic heterocycles. The molecular weight excluding hydrogens is 781 g/mol. The number of hydrogen-bond donors (Lipinski definition) is 3. The minimum Gasteiger partial charge on any atom is -0.507 e. The lowest BCUT2D eigenvalue weighted by atomic mass is 9.89. The van der Waals surface area contributed by atoms with Gasteiger partial charge in [-0.15, -0.1) is 10.2 Å². The number of para-hydroxylation sites is 1. The van der Waals surface area contributed by atoms with Crippen molar-refractivity contribution >= 4 is 45.9 Å². The first-order valence-electron chi connectivity index (χ1n) is 21.3. The van der Waals surface area contributed by atoms with Crippen LogP contribution >= 0.6 is 0 Å². The molecular formula is C46H51F2N9O4. The van der Waals surface area contributed by atoms with Crippen molar-refractivity contribution in [3.8, 4) is 17.0 Å². The van der Waals surface area contributed by atoms with Crippen molar-refractivity contribution in [2.45, 2.75) is 69.5 Å². The van der Waals surface area contributed by atoms with Gasteiger partial charge >= 0.3 is 6.03 Å². The number of halogens is 2. The summed E-state index contributed by atoms with van der Waals surface area (Å²) >= 11 is 0. The molecule has 0 aliphatic carbocycles. The summed E-state index contributed by atoms with van der Waals surface area (Å²) in [7, 11) is 0. The Morgan fingerprint density at radius 2 is 1.74 bits per heavy atom. The zero-order valence-electron chi connectivity index (χ0n) is 34.3. The summed E-state index contributed by atoms with van der Waals surface area (Å²) in [5, 5.41) is 22.2. The van der Waals surface area contributed by atoms with Gasteiger partial charge < -0.3 is 30.1 Å². The van der Waals surface area contributed by atoms with Crippen molar-refractivity contribution in [3.05, 3.63) is 95.4 Å². The standard InChI is InChI=1S/C46H51F2N9O4/c1-29-26-57(39-11-9-33(24-36(29)39)56-20-14-42(59)50-45(56)61)32-12-18-53(19-13-32)28-46(48)15-21-54(22-16-46)44(60)30-8-10-34(37(47)23-30)31-5-4-17-55(27-31)40-25-38(51-52-43(40)49)35-6-2-3-7-41(35)58/h2-3,6-11,23-26,31-32,58H,4-5,12-22,27-28H2,1H3,(H2,49,52)(H,50,59,61)/t31-/m0/s1. The number of imide groups is 1. The summed E-state index contributed by atoms with van der Waals surface area (Å²) in [5.41, 5.74) is 10.3. The highest BCUT2D eigenvalue weighted by Gasteiger charge is 2.39. The Kier molecular flexibility index (Phi) is 10.8. The predicted molar refractivity (Wildman–Crippen MR) is 230 cm³/mol. The molecule has 15 heteroatoms. The number of amides is 4. The number of anilines is 3. The van der Waals surface area contributed by atoms with E-state index in [1.807, 2.05) is 24.3 Å². The number of carbonyl (C=O) groups is 3. The zero-order valence-corrected chi connectivity index (χ0v) is 34.3. The molecule has 0 radical (unpaired) electrons. The maximum Gasteiger partial charge on any atom is 0.328 e. The van der Waals surface area contributed by atoms with Crippen LogP contribution in [0, 0.1) is 12.7 Å². The molecule has 0 unspecified atom stereocenters. The summed E-state index contributed by atoms with van der Waals surface area (Å²) in [5.74, 6) is -0.786. The minimum absolute atomic E-state index is 0.0885. The van der Waals surface area contributed by atoms with Crippen LogP contribution in [-0.2, 0) is 4.79 Å². The van der Waals surface area contributed by atoms with Gasteiger partial charge in [0.1, 0.15) is 17.2 Å². The molecule has 4 N–H and O–H groups in total. The first-order chi connectivity index (χ1) is 29.4. The summed E-state index contributed by atoms with van der Waals surface area (Å²) in [6.45, 7) is 5.98. The second-order valence-electron chi connectivity index (χ2n) is 17.2. The highest BCUT2D eigenvalue weighted by atomic mass is 19.1. The Bertz CT molecular complexity index is 2490. The number of hydrogen-bond acceptors (Lipinski definition) is 9. The van der Waals surface area contributed by atoms with E-state index >= 15 is 8.78 Å². The minimum atomic E-state index is -1.42. The fourth-order valence-electron chi connectivity index (χ4n) is 9.81. The van der Waals surface area contributed by atoms with E-state index < -0.39 is 17.5 Å². The molecule has 4 amide bonds. The second-order valence-corrected chi connectivity index (χ2v) is 17.2. The Morgan fingerprint density at radius 3 is 2.49 bits per heavy atom. The summed E-state index contributed by atoms with van der Waals surface area (Å²) in [4.78, 5) is 45.2. The smallest absolute Gasteiger partial charge is 0.328 e. The largest absolute Gasteiger partial charge is 0.507 e. The molecule has 9 rings (SSSR count). The third kappa shape index (κ3) is 8.10. The fourth-order valence-corrected chi connectivity index (χ4v) is 9.81. The monoisotopic (exact) mass is 831 g/mol. The van der Waals surface area contributed by atoms with Gasteiger partial charge in [0.25, 0.3) is 5.91 Å². The van der Waals surface area contributed by atoms with Gasteiger partial charge in [0, 0.05) is 117 Å². The number of nitrogens with one attached hydrogen (secondary N) is 1. The van der Waals surface area contributed by atoms with Crippen LogP contribution in [0.4, 0.5) is 30.8 Å². The van der Waals surface area contributed by atoms with E-state index in [1.54, 1.807) is 46.2 Å².